The molecule has 64 heavy (non-hydrogen) atoms. The second-order valence-electron chi connectivity index (χ2n) is 17.5. The molecule has 1 saturated heterocycles. The number of amides is 3. The summed E-state index contributed by atoms with van der Waals surface area (Å²) in [5.41, 5.74) is -1.11. The molecule has 0 bridgehead atoms. The predicted molar refractivity (Wildman–Crippen MR) is 232 cm³/mol. The van der Waals surface area contributed by atoms with Crippen LogP contribution in [0.2, 0.25) is 0 Å². The molecular weight excluding hydrogens is 941 g/mol. The van der Waals surface area contributed by atoms with Gasteiger partial charge in [-0.3, -0.25) is 33.3 Å². The number of carboxylic acid groups (broad SMARTS) is 1. The third-order valence-electron chi connectivity index (χ3n) is 13.8. The van der Waals surface area contributed by atoms with Crippen molar-refractivity contribution < 1.29 is 72.4 Å². The van der Waals surface area contributed by atoms with Gasteiger partial charge in [0.2, 0.25) is 17.7 Å². The summed E-state index contributed by atoms with van der Waals surface area (Å²) in [6.45, 7) is 2.08. The van der Waals surface area contributed by atoms with Crippen molar-refractivity contribution in [3.8, 4) is 0 Å². The number of thiophene rings is 1. The first kappa shape index (κ1) is 48.0. The summed E-state index contributed by atoms with van der Waals surface area (Å²) >= 11 is 4.30. The second kappa shape index (κ2) is 18.7. The molecule has 2 heterocycles. The molecule has 0 radical (unpaired) electrons. The van der Waals surface area contributed by atoms with Crippen LogP contribution in [0.4, 0.5) is 5.69 Å². The third-order valence-corrected chi connectivity index (χ3v) is 15.9. The molecule has 1 aromatic heterocycles. The monoisotopic (exact) mass is 991 g/mol. The number of fused-ring (bicyclic) bond motifs is 7. The number of aliphatic hydroxyl groups is 2. The van der Waals surface area contributed by atoms with E-state index < -0.39 is 104 Å². The Kier molecular flexibility index (Phi) is 14.1. The zero-order valence-corrected chi connectivity index (χ0v) is 38.3. The number of anilines is 1. The van der Waals surface area contributed by atoms with Gasteiger partial charge in [0, 0.05) is 45.7 Å². The average molecular weight is 993 g/mol. The Morgan fingerprint density at radius 3 is 2.58 bits per heavy atom. The topological polar surface area (TPSA) is 284 Å². The van der Waals surface area contributed by atoms with E-state index in [0.717, 1.165) is 10.5 Å². The number of rotatable bonds is 17. The maximum absolute atomic E-state index is 14.4. The van der Waals surface area contributed by atoms with E-state index in [9.17, 15) is 58.4 Å². The number of ether oxygens (including phenoxy) is 2. The van der Waals surface area contributed by atoms with Crippen LogP contribution in [0.1, 0.15) is 79.5 Å². The summed E-state index contributed by atoms with van der Waals surface area (Å²) in [4.78, 5) is 96.3. The van der Waals surface area contributed by atoms with Gasteiger partial charge in [0.25, 0.3) is 0 Å². The number of ketones is 2. The lowest BCUT2D eigenvalue weighted by atomic mass is 9.46. The van der Waals surface area contributed by atoms with Crippen LogP contribution in [0, 0.1) is 28.6 Å². The molecule has 1 aromatic carbocycles. The number of allylic oxidation sites excluding steroid dienone is 4. The van der Waals surface area contributed by atoms with E-state index in [4.69, 9.17) is 14.0 Å². The van der Waals surface area contributed by atoms with E-state index in [2.05, 4.69) is 31.9 Å². The summed E-state index contributed by atoms with van der Waals surface area (Å²) < 4.78 is 30.0. The van der Waals surface area contributed by atoms with E-state index in [1.54, 1.807) is 30.3 Å². The lowest BCUT2D eigenvalue weighted by molar-refractivity contribution is -0.200. The zero-order valence-electron chi connectivity index (χ0n) is 35.0. The molecule has 0 unspecified atom stereocenters. The minimum absolute atomic E-state index is 0.0452. The molecule has 7 rings (SSSR count). The molecule has 10 atom stereocenters. The lowest BCUT2D eigenvalue weighted by Crippen LogP contribution is -2.63. The number of carbonyl (C=O) groups excluding carboxylic acids is 5. The normalized spacial score (nSPS) is 30.9. The number of hydrogen-bond acceptors (Lipinski definition) is 13. The maximum atomic E-state index is 14.4. The van der Waals surface area contributed by atoms with Gasteiger partial charge in [-0.15, -0.1) is 11.3 Å². The van der Waals surface area contributed by atoms with Gasteiger partial charge in [-0.1, -0.05) is 53.6 Å². The second-order valence-corrected chi connectivity index (χ2v) is 20.5. The van der Waals surface area contributed by atoms with Crippen LogP contribution < -0.4 is 16.0 Å². The largest absolute Gasteiger partial charge is 0.481 e. The predicted octanol–water partition coefficient (Wildman–Crippen LogP) is 3.35. The molecule has 3 amide bonds. The van der Waals surface area contributed by atoms with Gasteiger partial charge in [-0.2, -0.15) is 0 Å². The molecular formula is C43H51BrN3O15PS. The van der Waals surface area contributed by atoms with Crippen molar-refractivity contribution in [2.75, 3.05) is 23.8 Å². The van der Waals surface area contributed by atoms with Gasteiger partial charge < -0.3 is 50.5 Å². The molecule has 4 fully saturated rings. The Bertz CT molecular complexity index is 2330. The number of alkyl halides is 1. The Morgan fingerprint density at radius 1 is 1.11 bits per heavy atom. The van der Waals surface area contributed by atoms with Crippen molar-refractivity contribution in [1.82, 2.24) is 10.6 Å². The van der Waals surface area contributed by atoms with E-state index in [0.29, 0.717) is 41.7 Å². The number of nitrogens with one attached hydrogen (secondary N) is 3. The number of phosphoric acid groups is 1. The number of benzene rings is 1. The molecule has 4 aliphatic carbocycles. The van der Waals surface area contributed by atoms with Crippen molar-refractivity contribution >= 4 is 76.0 Å². The number of carbonyl (C=O) groups is 6. The Labute approximate surface area is 380 Å². The summed E-state index contributed by atoms with van der Waals surface area (Å²) in [7, 11) is -5.06. The maximum Gasteiger partial charge on any atom is 0.470 e. The number of carboxylic acids is 1. The Balaban J connectivity index is 1.10. The molecule has 346 valence electrons. The number of hydrogen-bond donors (Lipinski definition) is 8. The van der Waals surface area contributed by atoms with Crippen LogP contribution in [0.5, 0.6) is 0 Å². The highest BCUT2D eigenvalue weighted by molar-refractivity contribution is 9.09. The van der Waals surface area contributed by atoms with Crippen LogP contribution in [0.3, 0.4) is 0 Å². The first-order valence-corrected chi connectivity index (χ1v) is 24.3. The van der Waals surface area contributed by atoms with Crippen molar-refractivity contribution in [2.24, 2.45) is 28.6 Å². The first-order valence-electron chi connectivity index (χ1n) is 20.9. The number of aliphatic hydroxyl groups excluding tert-OH is 2. The minimum atomic E-state index is -5.06. The Morgan fingerprint density at radius 2 is 1.88 bits per heavy atom. The summed E-state index contributed by atoms with van der Waals surface area (Å²) in [6.07, 6.45) is 3.68. The standard InChI is InChI=1S/C43H51BrN3O15PS/c1-41-12-11-25(49)15-24(41)5-7-27-28-16-34-43(33(51)21-60-63(57,58)59,42(28,2)17-31(50)38(27)41)62-40(61-34)32-9-6-26(64-32)13-22-3-4-23(20-48)30(14-22)47-39(56)29(8-10-37(54)55)46-36(53)19-45-35(52)18-44/h3-4,6,9,11-12,14-15,27-29,31,34,38,40,48,50H,5,7-8,10,13,16-21H2,1-2H3,(H,45,52)(H,46,53)(H,47,56)(H,54,55)(H2,57,58,59)/t27-,28-,29-,31-,34+,38+,40+,41-,42-,43+/m0/s1. The quantitative estimate of drug-likeness (QED) is 0.0834. The highest BCUT2D eigenvalue weighted by Gasteiger charge is 2.76. The van der Waals surface area contributed by atoms with Crippen LogP contribution in [-0.2, 0) is 60.4 Å². The zero-order chi connectivity index (χ0) is 46.4. The molecule has 21 heteroatoms. The fraction of sp³-hybridized carbons (Fsp3) is 0.535. The molecule has 2 aromatic rings. The van der Waals surface area contributed by atoms with Gasteiger partial charge in [-0.05, 0) is 79.9 Å². The fourth-order valence-electron chi connectivity index (χ4n) is 11.0. The first-order chi connectivity index (χ1) is 30.2. The fourth-order valence-corrected chi connectivity index (χ4v) is 12.5. The molecule has 3 saturated carbocycles. The van der Waals surface area contributed by atoms with Crippen molar-refractivity contribution in [3.63, 3.8) is 0 Å². The molecule has 5 aliphatic rings. The van der Waals surface area contributed by atoms with Crippen molar-refractivity contribution in [3.05, 3.63) is 75.0 Å². The van der Waals surface area contributed by atoms with Crippen molar-refractivity contribution in [2.45, 2.75) is 95.5 Å². The van der Waals surface area contributed by atoms with Crippen molar-refractivity contribution in [1.29, 1.82) is 0 Å². The SMILES string of the molecule is C[C@]12C=CC(=O)C=C1CC[C@@H]1[C@@H]2[C@@H](O)C[C@@]2(C)[C@H]1C[C@H]1O[C@@H](c3ccc(Cc4ccc(CO)c(NC(=O)[C@H](CCC(=O)O)NC(=O)CNC(=O)CBr)c4)s3)O[C@]12C(=O)COP(=O)(O)O. The number of Topliss-reactive ketones (excluding diaryl/α,β-unsaturated/α-hetero) is 1. The molecule has 8 N–H and O–H groups in total. The van der Waals surface area contributed by atoms with Gasteiger partial charge in [0.05, 0.1) is 35.6 Å². The highest BCUT2D eigenvalue weighted by atomic mass is 79.9. The number of phosphoric ester groups is 1. The van der Waals surface area contributed by atoms with Crippen LogP contribution >= 0.6 is 35.1 Å². The van der Waals surface area contributed by atoms with Gasteiger partial charge in [0.1, 0.15) is 12.6 Å². The summed E-state index contributed by atoms with van der Waals surface area (Å²) in [5, 5.41) is 38.9. The van der Waals surface area contributed by atoms with E-state index in [-0.39, 0.29) is 47.4 Å². The van der Waals surface area contributed by atoms with E-state index in [1.165, 1.54) is 17.4 Å². The van der Waals surface area contributed by atoms with Gasteiger partial charge in [-0.25, -0.2) is 4.57 Å². The summed E-state index contributed by atoms with van der Waals surface area (Å²) in [6, 6.07) is 7.36. The molecule has 18 nitrogen and oxygen atoms in total. The molecule has 0 spiro atoms. The minimum Gasteiger partial charge on any atom is -0.481 e. The van der Waals surface area contributed by atoms with E-state index in [1.807, 2.05) is 26.0 Å². The average Bonchev–Trinajstić information content (AvgIpc) is 3.93. The lowest BCUT2D eigenvalue weighted by Gasteiger charge is -2.59. The molecule has 1 aliphatic heterocycles. The number of aliphatic carboxylic acids is 1. The summed E-state index contributed by atoms with van der Waals surface area (Å²) in [5.74, 6) is -4.44. The van der Waals surface area contributed by atoms with Gasteiger partial charge >= 0.3 is 13.8 Å². The van der Waals surface area contributed by atoms with Crippen LogP contribution in [0.25, 0.3) is 0 Å². The van der Waals surface area contributed by atoms with Crippen LogP contribution in [0.15, 0.2) is 54.1 Å². The number of halogens is 1. The Hall–Kier alpha value is -3.95. The third kappa shape index (κ3) is 9.36. The van der Waals surface area contributed by atoms with Crippen LogP contribution in [-0.4, -0.2) is 103 Å². The van der Waals surface area contributed by atoms with E-state index >= 15 is 0 Å². The highest BCUT2D eigenvalue weighted by Crippen LogP contribution is 2.70. The van der Waals surface area contributed by atoms with Gasteiger partial charge in [0.15, 0.2) is 23.5 Å². The smallest absolute Gasteiger partial charge is 0.470 e.